The number of rotatable bonds is 7. The van der Waals surface area contributed by atoms with Gasteiger partial charge in [0.05, 0.1) is 16.4 Å². The molecule has 3 nitrogen and oxygen atoms in total. The van der Waals surface area contributed by atoms with Crippen LogP contribution in [0.15, 0.2) is 12.7 Å². The molecule has 102 valence electrons. The van der Waals surface area contributed by atoms with Crippen LogP contribution in [0.5, 0.6) is 0 Å². The van der Waals surface area contributed by atoms with Crippen molar-refractivity contribution in [2.45, 2.75) is 33.6 Å². The van der Waals surface area contributed by atoms with Crippen molar-refractivity contribution >= 4 is 11.6 Å². The summed E-state index contributed by atoms with van der Waals surface area (Å²) >= 11 is 6.30. The van der Waals surface area contributed by atoms with Gasteiger partial charge in [0.2, 0.25) is 0 Å². The minimum Gasteiger partial charge on any atom is -0.316 e. The van der Waals surface area contributed by atoms with Crippen LogP contribution in [0.3, 0.4) is 0 Å². The highest BCUT2D eigenvalue weighted by Gasteiger charge is 2.24. The first kappa shape index (κ1) is 15.3. The SMILES string of the molecule is C=CC(C)(CNCCC)Cc1c(Cl)c(C)nn1C. The van der Waals surface area contributed by atoms with Crippen molar-refractivity contribution in [1.82, 2.24) is 15.1 Å². The number of nitrogens with one attached hydrogen (secondary N) is 1. The van der Waals surface area contributed by atoms with Crippen molar-refractivity contribution in [3.05, 3.63) is 29.1 Å². The average Bonchev–Trinajstić information content (AvgIpc) is 2.56. The fraction of sp³-hybridized carbons (Fsp3) is 0.643. The van der Waals surface area contributed by atoms with Gasteiger partial charge in [-0.25, -0.2) is 0 Å². The Morgan fingerprint density at radius 1 is 1.56 bits per heavy atom. The molecule has 0 saturated heterocycles. The molecule has 1 N–H and O–H groups in total. The Morgan fingerprint density at radius 3 is 2.67 bits per heavy atom. The Morgan fingerprint density at radius 2 is 2.22 bits per heavy atom. The summed E-state index contributed by atoms with van der Waals surface area (Å²) in [5.41, 5.74) is 1.97. The first-order chi connectivity index (χ1) is 8.43. The van der Waals surface area contributed by atoms with E-state index in [0.717, 1.165) is 42.3 Å². The standard InChI is InChI=1S/C14H24ClN3/c1-6-8-16-10-14(4,7-2)9-12-13(15)11(3)17-18(12)5/h7,16H,2,6,8-10H2,1,3-5H3. The van der Waals surface area contributed by atoms with Gasteiger partial charge in [0.25, 0.3) is 0 Å². The highest BCUT2D eigenvalue weighted by molar-refractivity contribution is 6.31. The molecule has 0 aliphatic heterocycles. The number of halogens is 1. The molecule has 0 fully saturated rings. The van der Waals surface area contributed by atoms with Crippen LogP contribution < -0.4 is 5.32 Å². The van der Waals surface area contributed by atoms with E-state index in [1.165, 1.54) is 0 Å². The zero-order valence-electron chi connectivity index (χ0n) is 11.9. The molecule has 1 aromatic heterocycles. The number of hydrogen-bond acceptors (Lipinski definition) is 2. The fourth-order valence-corrected chi connectivity index (χ4v) is 2.24. The third kappa shape index (κ3) is 3.59. The third-order valence-corrected chi connectivity index (χ3v) is 3.77. The third-order valence-electron chi connectivity index (χ3n) is 3.28. The van der Waals surface area contributed by atoms with Crippen LogP contribution in [0.25, 0.3) is 0 Å². The van der Waals surface area contributed by atoms with Gasteiger partial charge in [-0.05, 0) is 19.9 Å². The van der Waals surface area contributed by atoms with Gasteiger partial charge in [0, 0.05) is 25.4 Å². The van der Waals surface area contributed by atoms with E-state index in [0.29, 0.717) is 0 Å². The van der Waals surface area contributed by atoms with E-state index < -0.39 is 0 Å². The summed E-state index contributed by atoms with van der Waals surface area (Å²) in [6.45, 7) is 12.2. The van der Waals surface area contributed by atoms with Crippen LogP contribution in [0.1, 0.15) is 31.7 Å². The summed E-state index contributed by atoms with van der Waals surface area (Å²) in [6, 6.07) is 0. The summed E-state index contributed by atoms with van der Waals surface area (Å²) in [5.74, 6) is 0. The maximum absolute atomic E-state index is 6.30. The number of aryl methyl sites for hydroxylation is 2. The lowest BCUT2D eigenvalue weighted by molar-refractivity contribution is 0.381. The van der Waals surface area contributed by atoms with Crippen LogP contribution in [0.2, 0.25) is 5.02 Å². The van der Waals surface area contributed by atoms with Crippen LogP contribution in [-0.2, 0) is 13.5 Å². The zero-order chi connectivity index (χ0) is 13.8. The van der Waals surface area contributed by atoms with E-state index in [2.05, 4.69) is 30.8 Å². The molecule has 1 atom stereocenters. The highest BCUT2D eigenvalue weighted by Crippen LogP contribution is 2.28. The maximum atomic E-state index is 6.30. The Bertz CT molecular complexity index is 411. The van der Waals surface area contributed by atoms with Gasteiger partial charge in [0.15, 0.2) is 0 Å². The molecule has 1 rings (SSSR count). The van der Waals surface area contributed by atoms with Gasteiger partial charge in [-0.1, -0.05) is 31.5 Å². The Labute approximate surface area is 115 Å². The second-order valence-corrected chi connectivity index (χ2v) is 5.56. The lowest BCUT2D eigenvalue weighted by Gasteiger charge is -2.26. The normalized spacial score (nSPS) is 14.5. The first-order valence-corrected chi connectivity index (χ1v) is 6.83. The van der Waals surface area contributed by atoms with E-state index in [9.17, 15) is 0 Å². The lowest BCUT2D eigenvalue weighted by atomic mass is 9.85. The van der Waals surface area contributed by atoms with Gasteiger partial charge >= 0.3 is 0 Å². The van der Waals surface area contributed by atoms with E-state index >= 15 is 0 Å². The Hall–Kier alpha value is -0.800. The second-order valence-electron chi connectivity index (χ2n) is 5.18. The molecule has 4 heteroatoms. The molecule has 0 aliphatic carbocycles. The summed E-state index contributed by atoms with van der Waals surface area (Å²) in [6.07, 6.45) is 4.00. The fourth-order valence-electron chi connectivity index (χ4n) is 2.01. The summed E-state index contributed by atoms with van der Waals surface area (Å²) in [7, 11) is 1.94. The monoisotopic (exact) mass is 269 g/mol. The topological polar surface area (TPSA) is 29.9 Å². The molecule has 0 spiro atoms. The quantitative estimate of drug-likeness (QED) is 0.609. The first-order valence-electron chi connectivity index (χ1n) is 6.46. The van der Waals surface area contributed by atoms with Crippen LogP contribution in [0, 0.1) is 12.3 Å². The van der Waals surface area contributed by atoms with E-state index in [1.54, 1.807) is 0 Å². The number of hydrogen-bond donors (Lipinski definition) is 1. The second kappa shape index (κ2) is 6.39. The van der Waals surface area contributed by atoms with Gasteiger partial charge in [0.1, 0.15) is 0 Å². The minimum absolute atomic E-state index is 0.000949. The van der Waals surface area contributed by atoms with Crippen LogP contribution >= 0.6 is 11.6 Å². The number of nitrogens with zero attached hydrogens (tertiary/aromatic N) is 2. The molecule has 18 heavy (non-hydrogen) atoms. The largest absolute Gasteiger partial charge is 0.316 e. The minimum atomic E-state index is -0.000949. The number of aromatic nitrogens is 2. The molecule has 0 amide bonds. The predicted molar refractivity (Wildman–Crippen MR) is 78.1 cm³/mol. The van der Waals surface area contributed by atoms with Crippen LogP contribution in [0.4, 0.5) is 0 Å². The molecule has 1 unspecified atom stereocenters. The molecule has 0 aliphatic rings. The molecule has 0 radical (unpaired) electrons. The Balaban J connectivity index is 2.81. The molecule has 1 heterocycles. The van der Waals surface area contributed by atoms with E-state index in [-0.39, 0.29) is 5.41 Å². The maximum Gasteiger partial charge on any atom is 0.0847 e. The van der Waals surface area contributed by atoms with Crippen molar-refractivity contribution in [2.75, 3.05) is 13.1 Å². The molecular weight excluding hydrogens is 246 g/mol. The summed E-state index contributed by atoms with van der Waals surface area (Å²) in [4.78, 5) is 0. The van der Waals surface area contributed by atoms with E-state index in [4.69, 9.17) is 11.6 Å². The summed E-state index contributed by atoms with van der Waals surface area (Å²) in [5, 5.41) is 8.58. The van der Waals surface area contributed by atoms with Crippen molar-refractivity contribution in [2.24, 2.45) is 12.5 Å². The Kier molecular flexibility index (Phi) is 5.42. The van der Waals surface area contributed by atoms with Crippen molar-refractivity contribution in [3.8, 4) is 0 Å². The molecule has 0 aromatic carbocycles. The van der Waals surface area contributed by atoms with Gasteiger partial charge in [-0.2, -0.15) is 5.10 Å². The molecule has 0 saturated carbocycles. The molecule has 0 bridgehead atoms. The smallest absolute Gasteiger partial charge is 0.0847 e. The van der Waals surface area contributed by atoms with Gasteiger partial charge in [-0.3, -0.25) is 4.68 Å². The van der Waals surface area contributed by atoms with Crippen LogP contribution in [-0.4, -0.2) is 22.9 Å². The predicted octanol–water partition coefficient (Wildman–Crippen LogP) is 3.12. The molecular formula is C14H24ClN3. The lowest BCUT2D eigenvalue weighted by Crippen LogP contribution is -2.33. The van der Waals surface area contributed by atoms with Gasteiger partial charge < -0.3 is 5.32 Å². The van der Waals surface area contributed by atoms with E-state index in [1.807, 2.05) is 24.7 Å². The van der Waals surface area contributed by atoms with Gasteiger partial charge in [-0.15, -0.1) is 6.58 Å². The zero-order valence-corrected chi connectivity index (χ0v) is 12.6. The molecule has 1 aromatic rings. The highest BCUT2D eigenvalue weighted by atomic mass is 35.5. The average molecular weight is 270 g/mol. The summed E-state index contributed by atoms with van der Waals surface area (Å²) < 4.78 is 1.87. The van der Waals surface area contributed by atoms with Crippen molar-refractivity contribution < 1.29 is 0 Å². The van der Waals surface area contributed by atoms with Crippen molar-refractivity contribution in [1.29, 1.82) is 0 Å². The van der Waals surface area contributed by atoms with Crippen molar-refractivity contribution in [3.63, 3.8) is 0 Å².